The van der Waals surface area contributed by atoms with Crippen LogP contribution in [0.25, 0.3) is 4.96 Å². The van der Waals surface area contributed by atoms with Gasteiger partial charge in [-0.3, -0.25) is 4.79 Å². The predicted octanol–water partition coefficient (Wildman–Crippen LogP) is 3.25. The highest BCUT2D eigenvalue weighted by atomic mass is 32.1. The smallest absolute Gasteiger partial charge is 0.338 e. The average molecular weight is 387 g/mol. The summed E-state index contributed by atoms with van der Waals surface area (Å²) in [6.45, 7) is 4.65. The van der Waals surface area contributed by atoms with Crippen LogP contribution in [0.1, 0.15) is 47.7 Å². The van der Waals surface area contributed by atoms with Crippen molar-refractivity contribution in [3.05, 3.63) is 57.0 Å². The molecule has 7 nitrogen and oxygen atoms in total. The number of fused-ring (bicyclic) bond motifs is 1. The van der Waals surface area contributed by atoms with Crippen LogP contribution in [0.3, 0.4) is 0 Å². The van der Waals surface area contributed by atoms with Gasteiger partial charge in [0.15, 0.2) is 0 Å². The third-order valence-electron chi connectivity index (χ3n) is 3.85. The SMILES string of the molecule is CCCCOc1ccc(C(=O)OCc2cc(=O)n3nc(CC)sc3n2)cc1. The highest BCUT2D eigenvalue weighted by Gasteiger charge is 2.11. The Morgan fingerprint density at radius 1 is 1.22 bits per heavy atom. The molecule has 142 valence electrons. The van der Waals surface area contributed by atoms with Crippen LogP contribution in [-0.2, 0) is 17.8 Å². The first-order valence-corrected chi connectivity index (χ1v) is 9.71. The molecule has 0 N–H and O–H groups in total. The number of esters is 1. The monoisotopic (exact) mass is 387 g/mol. The quantitative estimate of drug-likeness (QED) is 0.436. The van der Waals surface area contributed by atoms with Gasteiger partial charge in [0.1, 0.15) is 17.4 Å². The Bertz CT molecular complexity index is 979. The number of carbonyl (C=O) groups excluding carboxylic acids is 1. The van der Waals surface area contributed by atoms with Crippen LogP contribution in [0.5, 0.6) is 5.75 Å². The first-order chi connectivity index (χ1) is 13.1. The van der Waals surface area contributed by atoms with Gasteiger partial charge in [0.25, 0.3) is 5.56 Å². The van der Waals surface area contributed by atoms with E-state index >= 15 is 0 Å². The maximum atomic E-state index is 12.2. The second-order valence-corrected chi connectivity index (χ2v) is 6.97. The number of unbranched alkanes of at least 4 members (excludes halogenated alkanes) is 1. The maximum absolute atomic E-state index is 12.2. The number of aryl methyl sites for hydroxylation is 1. The Morgan fingerprint density at radius 3 is 2.70 bits per heavy atom. The van der Waals surface area contributed by atoms with Gasteiger partial charge in [-0.2, -0.15) is 9.61 Å². The Kier molecular flexibility index (Phi) is 6.18. The summed E-state index contributed by atoms with van der Waals surface area (Å²) in [6.07, 6.45) is 2.78. The molecule has 1 aromatic carbocycles. The Morgan fingerprint density at radius 2 is 2.00 bits per heavy atom. The summed E-state index contributed by atoms with van der Waals surface area (Å²) in [5.74, 6) is 0.243. The third-order valence-corrected chi connectivity index (χ3v) is 4.90. The third kappa shape index (κ3) is 4.71. The zero-order valence-electron chi connectivity index (χ0n) is 15.3. The number of ether oxygens (including phenoxy) is 2. The normalized spacial score (nSPS) is 10.9. The number of rotatable bonds is 8. The summed E-state index contributed by atoms with van der Waals surface area (Å²) < 4.78 is 12.1. The fourth-order valence-corrected chi connectivity index (χ4v) is 3.21. The number of nitrogens with zero attached hydrogens (tertiary/aromatic N) is 3. The average Bonchev–Trinajstić information content (AvgIpc) is 3.11. The molecule has 0 fully saturated rings. The van der Waals surface area contributed by atoms with E-state index in [9.17, 15) is 9.59 Å². The minimum atomic E-state index is -0.476. The fourth-order valence-electron chi connectivity index (χ4n) is 2.36. The molecule has 0 aliphatic rings. The molecule has 2 heterocycles. The van der Waals surface area contributed by atoms with E-state index in [-0.39, 0.29) is 12.2 Å². The van der Waals surface area contributed by atoms with E-state index in [2.05, 4.69) is 17.0 Å². The topological polar surface area (TPSA) is 82.8 Å². The van der Waals surface area contributed by atoms with E-state index in [1.807, 2.05) is 6.92 Å². The molecular formula is C19H21N3O4S. The lowest BCUT2D eigenvalue weighted by atomic mass is 10.2. The zero-order valence-corrected chi connectivity index (χ0v) is 16.1. The highest BCUT2D eigenvalue weighted by Crippen LogP contribution is 2.15. The molecule has 2 aromatic heterocycles. The van der Waals surface area contributed by atoms with E-state index in [0.717, 1.165) is 30.0 Å². The van der Waals surface area contributed by atoms with Gasteiger partial charge < -0.3 is 9.47 Å². The predicted molar refractivity (Wildman–Crippen MR) is 102 cm³/mol. The number of carbonyl (C=O) groups is 1. The Balaban J connectivity index is 1.63. The summed E-state index contributed by atoms with van der Waals surface area (Å²) in [4.78, 5) is 29.2. The van der Waals surface area contributed by atoms with Gasteiger partial charge in [-0.05, 0) is 37.1 Å². The largest absolute Gasteiger partial charge is 0.494 e. The summed E-state index contributed by atoms with van der Waals surface area (Å²) in [5.41, 5.74) is 0.538. The van der Waals surface area contributed by atoms with Crippen LogP contribution in [0, 0.1) is 0 Å². The van der Waals surface area contributed by atoms with Gasteiger partial charge in [-0.15, -0.1) is 0 Å². The Labute approximate surface area is 160 Å². The molecule has 0 aliphatic heterocycles. The van der Waals surface area contributed by atoms with Crippen molar-refractivity contribution >= 4 is 22.3 Å². The van der Waals surface area contributed by atoms with Crippen LogP contribution < -0.4 is 10.3 Å². The molecule has 0 bridgehead atoms. The summed E-state index contributed by atoms with van der Waals surface area (Å²) >= 11 is 1.35. The fraction of sp³-hybridized carbons (Fsp3) is 0.368. The number of benzene rings is 1. The van der Waals surface area contributed by atoms with E-state index < -0.39 is 5.97 Å². The van der Waals surface area contributed by atoms with Gasteiger partial charge >= 0.3 is 5.97 Å². The molecular weight excluding hydrogens is 366 g/mol. The second-order valence-electron chi connectivity index (χ2n) is 5.93. The van der Waals surface area contributed by atoms with Crippen molar-refractivity contribution < 1.29 is 14.3 Å². The molecule has 0 radical (unpaired) electrons. The van der Waals surface area contributed by atoms with Crippen LogP contribution in [0.15, 0.2) is 35.1 Å². The standard InChI is InChI=1S/C19H21N3O4S/c1-3-5-10-25-15-8-6-13(7-9-15)18(24)26-12-14-11-17(23)22-19(20-14)27-16(4-2)21-22/h6-9,11H,3-5,10,12H2,1-2H3. The molecule has 0 saturated carbocycles. The highest BCUT2D eigenvalue weighted by molar-refractivity contribution is 7.16. The van der Waals surface area contributed by atoms with Gasteiger partial charge in [0.05, 0.1) is 17.9 Å². The van der Waals surface area contributed by atoms with Crippen molar-refractivity contribution in [2.24, 2.45) is 0 Å². The van der Waals surface area contributed by atoms with E-state index in [1.165, 1.54) is 21.9 Å². The van der Waals surface area contributed by atoms with Crippen molar-refractivity contribution in [3.63, 3.8) is 0 Å². The van der Waals surface area contributed by atoms with Crippen molar-refractivity contribution in [2.75, 3.05) is 6.61 Å². The molecule has 0 spiro atoms. The zero-order chi connectivity index (χ0) is 19.2. The van der Waals surface area contributed by atoms with Crippen molar-refractivity contribution in [1.82, 2.24) is 14.6 Å². The number of aromatic nitrogens is 3. The first-order valence-electron chi connectivity index (χ1n) is 8.89. The molecule has 0 saturated heterocycles. The van der Waals surface area contributed by atoms with E-state index in [1.54, 1.807) is 24.3 Å². The molecule has 0 unspecified atom stereocenters. The molecule has 0 atom stereocenters. The minimum absolute atomic E-state index is 0.0708. The van der Waals surface area contributed by atoms with Crippen molar-refractivity contribution in [3.8, 4) is 5.75 Å². The molecule has 0 aliphatic carbocycles. The van der Waals surface area contributed by atoms with Gasteiger partial charge in [0, 0.05) is 6.07 Å². The lowest BCUT2D eigenvalue weighted by Crippen LogP contribution is -2.16. The first kappa shape index (κ1) is 19.0. The molecule has 0 amide bonds. The lowest BCUT2D eigenvalue weighted by Gasteiger charge is -2.07. The van der Waals surface area contributed by atoms with Gasteiger partial charge in [-0.1, -0.05) is 31.6 Å². The number of hydrogen-bond acceptors (Lipinski definition) is 7. The van der Waals surface area contributed by atoms with Crippen LogP contribution in [0.2, 0.25) is 0 Å². The summed E-state index contributed by atoms with van der Waals surface area (Å²) in [7, 11) is 0. The van der Waals surface area contributed by atoms with Crippen molar-refractivity contribution in [1.29, 1.82) is 0 Å². The van der Waals surface area contributed by atoms with Gasteiger partial charge in [-0.25, -0.2) is 9.78 Å². The Hall–Kier alpha value is -2.74. The van der Waals surface area contributed by atoms with Gasteiger partial charge in [0.2, 0.25) is 4.96 Å². The maximum Gasteiger partial charge on any atom is 0.338 e. The van der Waals surface area contributed by atoms with Crippen LogP contribution in [0.4, 0.5) is 0 Å². The van der Waals surface area contributed by atoms with Crippen LogP contribution >= 0.6 is 11.3 Å². The summed E-state index contributed by atoms with van der Waals surface area (Å²) in [6, 6.07) is 8.14. The number of hydrogen-bond donors (Lipinski definition) is 0. The summed E-state index contributed by atoms with van der Waals surface area (Å²) in [5, 5.41) is 5.02. The molecule has 3 aromatic rings. The second kappa shape index (κ2) is 8.77. The van der Waals surface area contributed by atoms with Crippen molar-refractivity contribution in [2.45, 2.75) is 39.7 Å². The molecule has 8 heteroatoms. The molecule has 27 heavy (non-hydrogen) atoms. The lowest BCUT2D eigenvalue weighted by molar-refractivity contribution is 0.0467. The van der Waals surface area contributed by atoms with Crippen LogP contribution in [-0.4, -0.2) is 27.2 Å². The van der Waals surface area contributed by atoms with E-state index in [4.69, 9.17) is 9.47 Å². The van der Waals surface area contributed by atoms with E-state index in [0.29, 0.717) is 22.8 Å². The minimum Gasteiger partial charge on any atom is -0.494 e. The molecule has 3 rings (SSSR count).